The number of rotatable bonds is 5. The molecule has 1 aromatic carbocycles. The topological polar surface area (TPSA) is 52.6 Å². The monoisotopic (exact) mass is 362 g/mol. The van der Waals surface area contributed by atoms with Gasteiger partial charge in [-0.2, -0.15) is 22.0 Å². The van der Waals surface area contributed by atoms with Crippen molar-refractivity contribution in [2.75, 3.05) is 12.1 Å². The second-order valence-electron chi connectivity index (χ2n) is 4.97. The average Bonchev–Trinajstić information content (AvgIpc) is 2.98. The van der Waals surface area contributed by atoms with Gasteiger partial charge in [0.05, 0.1) is 5.56 Å². The molecule has 1 aliphatic heterocycles. The fraction of sp³-hybridized carbons (Fsp3) is 0.267. The number of anilines is 1. The highest BCUT2D eigenvalue weighted by Crippen LogP contribution is 2.39. The van der Waals surface area contributed by atoms with E-state index in [4.69, 9.17) is 9.47 Å². The van der Waals surface area contributed by atoms with Crippen LogP contribution >= 0.6 is 0 Å². The van der Waals surface area contributed by atoms with Crippen molar-refractivity contribution in [3.05, 3.63) is 41.6 Å². The van der Waals surface area contributed by atoms with Gasteiger partial charge in [0.1, 0.15) is 11.6 Å². The Kier molecular flexibility index (Phi) is 4.51. The van der Waals surface area contributed by atoms with Gasteiger partial charge in [0.2, 0.25) is 6.79 Å². The first-order valence-corrected chi connectivity index (χ1v) is 6.97. The minimum atomic E-state index is -4.51. The third kappa shape index (κ3) is 4.01. The fourth-order valence-corrected chi connectivity index (χ4v) is 2.20. The molecular formula is C15H11F5N2O3. The second-order valence-corrected chi connectivity index (χ2v) is 4.97. The standard InChI is InChI=1S/C15H11F5N2O3/c16-14(17)25-10-5-12-11(23-7-24-12)3-8(10)6-22-13-4-9(1-2-21-13)15(18,19)20/h1-5,14H,6-7H2,(H,21,22). The Balaban J connectivity index is 1.81. The lowest BCUT2D eigenvalue weighted by Crippen LogP contribution is -2.09. The number of pyridine rings is 1. The maximum absolute atomic E-state index is 12.7. The highest BCUT2D eigenvalue weighted by atomic mass is 19.4. The average molecular weight is 362 g/mol. The molecule has 134 valence electrons. The highest BCUT2D eigenvalue weighted by molar-refractivity contribution is 5.53. The SMILES string of the molecule is FC(F)Oc1cc2c(cc1CNc1cc(C(F)(F)F)ccn1)OCO2. The van der Waals surface area contributed by atoms with E-state index in [1.807, 2.05) is 0 Å². The number of alkyl halides is 5. The van der Waals surface area contributed by atoms with Gasteiger partial charge in [-0.3, -0.25) is 0 Å². The van der Waals surface area contributed by atoms with E-state index < -0.39 is 18.4 Å². The maximum atomic E-state index is 12.7. The quantitative estimate of drug-likeness (QED) is 0.814. The molecule has 0 radical (unpaired) electrons. The smallest absolute Gasteiger partial charge is 0.416 e. The molecule has 0 amide bonds. The molecular weight excluding hydrogens is 351 g/mol. The van der Waals surface area contributed by atoms with Crippen LogP contribution in [0.25, 0.3) is 0 Å². The summed E-state index contributed by atoms with van der Waals surface area (Å²) in [5.74, 6) is 0.348. The molecule has 1 aliphatic rings. The van der Waals surface area contributed by atoms with Crippen molar-refractivity contribution in [3.8, 4) is 17.2 Å². The van der Waals surface area contributed by atoms with E-state index in [1.54, 1.807) is 0 Å². The Bertz CT molecular complexity index is 767. The van der Waals surface area contributed by atoms with Crippen molar-refractivity contribution < 1.29 is 36.2 Å². The van der Waals surface area contributed by atoms with E-state index in [2.05, 4.69) is 15.0 Å². The number of hydrogen-bond donors (Lipinski definition) is 1. The molecule has 0 saturated carbocycles. The molecule has 1 N–H and O–H groups in total. The molecule has 2 aromatic rings. The Hall–Kier alpha value is -2.78. The zero-order chi connectivity index (χ0) is 18.0. The summed E-state index contributed by atoms with van der Waals surface area (Å²) in [5.41, 5.74) is -0.622. The molecule has 0 unspecified atom stereocenters. The number of nitrogens with one attached hydrogen (secondary N) is 1. The summed E-state index contributed by atoms with van der Waals surface area (Å²) >= 11 is 0. The summed E-state index contributed by atoms with van der Waals surface area (Å²) in [4.78, 5) is 3.78. The van der Waals surface area contributed by atoms with Crippen LogP contribution in [-0.4, -0.2) is 18.4 Å². The van der Waals surface area contributed by atoms with Crippen LogP contribution in [0.4, 0.5) is 27.8 Å². The van der Waals surface area contributed by atoms with Crippen molar-refractivity contribution in [2.45, 2.75) is 19.3 Å². The zero-order valence-corrected chi connectivity index (χ0v) is 12.4. The Morgan fingerprint density at radius 1 is 1.16 bits per heavy atom. The van der Waals surface area contributed by atoms with Gasteiger partial charge in [-0.25, -0.2) is 4.98 Å². The van der Waals surface area contributed by atoms with Gasteiger partial charge in [-0.15, -0.1) is 0 Å². The first kappa shape index (κ1) is 17.1. The normalized spacial score (nSPS) is 13.2. The first-order chi connectivity index (χ1) is 11.8. The molecule has 0 spiro atoms. The Labute approximate surface area is 138 Å². The first-order valence-electron chi connectivity index (χ1n) is 6.97. The van der Waals surface area contributed by atoms with E-state index in [9.17, 15) is 22.0 Å². The van der Waals surface area contributed by atoms with Crippen LogP contribution in [0.5, 0.6) is 17.2 Å². The van der Waals surface area contributed by atoms with Gasteiger partial charge < -0.3 is 19.5 Å². The molecule has 5 nitrogen and oxygen atoms in total. The summed E-state index contributed by atoms with van der Waals surface area (Å²) in [6, 6.07) is 4.31. The van der Waals surface area contributed by atoms with E-state index in [-0.39, 0.29) is 36.2 Å². The molecule has 0 bridgehead atoms. The van der Waals surface area contributed by atoms with Crippen LogP contribution < -0.4 is 19.5 Å². The van der Waals surface area contributed by atoms with E-state index in [0.717, 1.165) is 18.3 Å². The van der Waals surface area contributed by atoms with Crippen molar-refractivity contribution >= 4 is 5.82 Å². The van der Waals surface area contributed by atoms with Gasteiger partial charge in [0.15, 0.2) is 11.5 Å². The number of nitrogens with zero attached hydrogens (tertiary/aromatic N) is 1. The van der Waals surface area contributed by atoms with Gasteiger partial charge in [-0.1, -0.05) is 0 Å². The molecule has 3 rings (SSSR count). The number of fused-ring (bicyclic) bond motifs is 1. The van der Waals surface area contributed by atoms with Crippen LogP contribution in [0, 0.1) is 0 Å². The van der Waals surface area contributed by atoms with Crippen LogP contribution in [0.2, 0.25) is 0 Å². The van der Waals surface area contributed by atoms with Crippen molar-refractivity contribution in [2.24, 2.45) is 0 Å². The van der Waals surface area contributed by atoms with Gasteiger partial charge in [-0.05, 0) is 18.2 Å². The van der Waals surface area contributed by atoms with Crippen LogP contribution in [0.1, 0.15) is 11.1 Å². The summed E-state index contributed by atoms with van der Waals surface area (Å²) < 4.78 is 77.9. The number of halogens is 5. The van der Waals surface area contributed by atoms with E-state index in [0.29, 0.717) is 5.75 Å². The van der Waals surface area contributed by atoms with Gasteiger partial charge >= 0.3 is 12.8 Å². The summed E-state index contributed by atoms with van der Waals surface area (Å²) in [5, 5.41) is 2.65. The van der Waals surface area contributed by atoms with E-state index in [1.165, 1.54) is 12.1 Å². The molecule has 1 aromatic heterocycles. The Morgan fingerprint density at radius 2 is 1.88 bits per heavy atom. The molecule has 10 heteroatoms. The number of benzene rings is 1. The van der Waals surface area contributed by atoms with Gasteiger partial charge in [0, 0.05) is 24.4 Å². The number of hydrogen-bond acceptors (Lipinski definition) is 5. The summed E-state index contributed by atoms with van der Waals surface area (Å²) in [6.45, 7) is -3.23. The molecule has 0 atom stereocenters. The fourth-order valence-electron chi connectivity index (χ4n) is 2.20. The minimum absolute atomic E-state index is 0.0597. The zero-order valence-electron chi connectivity index (χ0n) is 12.4. The third-order valence-electron chi connectivity index (χ3n) is 3.32. The predicted molar refractivity (Wildman–Crippen MR) is 75.8 cm³/mol. The third-order valence-corrected chi connectivity index (χ3v) is 3.32. The minimum Gasteiger partial charge on any atom is -0.454 e. The van der Waals surface area contributed by atoms with Gasteiger partial charge in [0.25, 0.3) is 0 Å². The lowest BCUT2D eigenvalue weighted by molar-refractivity contribution is -0.137. The molecule has 0 fully saturated rings. The summed E-state index contributed by atoms with van der Waals surface area (Å²) in [7, 11) is 0. The van der Waals surface area contributed by atoms with Crippen LogP contribution in [-0.2, 0) is 12.7 Å². The molecule has 25 heavy (non-hydrogen) atoms. The van der Waals surface area contributed by atoms with Crippen LogP contribution in [0.15, 0.2) is 30.5 Å². The van der Waals surface area contributed by atoms with E-state index >= 15 is 0 Å². The lowest BCUT2D eigenvalue weighted by atomic mass is 10.1. The van der Waals surface area contributed by atoms with Crippen molar-refractivity contribution in [1.29, 1.82) is 0 Å². The van der Waals surface area contributed by atoms with Crippen LogP contribution in [0.3, 0.4) is 0 Å². The van der Waals surface area contributed by atoms with Crippen molar-refractivity contribution in [3.63, 3.8) is 0 Å². The van der Waals surface area contributed by atoms with Crippen molar-refractivity contribution in [1.82, 2.24) is 4.98 Å². The number of aromatic nitrogens is 1. The second kappa shape index (κ2) is 6.61. The summed E-state index contributed by atoms with van der Waals surface area (Å²) in [6.07, 6.45) is -3.51. The lowest BCUT2D eigenvalue weighted by Gasteiger charge is -2.14. The largest absolute Gasteiger partial charge is 0.454 e. The molecule has 0 saturated heterocycles. The Morgan fingerprint density at radius 3 is 2.56 bits per heavy atom. The highest BCUT2D eigenvalue weighted by Gasteiger charge is 2.30. The molecule has 0 aliphatic carbocycles. The predicted octanol–water partition coefficient (Wildman–Crippen LogP) is 4.04. The molecule has 2 heterocycles. The number of ether oxygens (including phenoxy) is 3. The maximum Gasteiger partial charge on any atom is 0.416 e.